The van der Waals surface area contributed by atoms with Crippen molar-refractivity contribution in [1.29, 1.82) is 0 Å². The number of ether oxygens (including phenoxy) is 3. The number of hydroxylamine groups is 4. The van der Waals surface area contributed by atoms with E-state index in [2.05, 4.69) is 0 Å². The minimum atomic E-state index is -4.85. The zero-order valence-corrected chi connectivity index (χ0v) is 43.9. The quantitative estimate of drug-likeness (QED) is 0.0105. The maximum absolute atomic E-state index is 13.9. The van der Waals surface area contributed by atoms with Gasteiger partial charge in [-0.15, -0.1) is 0 Å². The van der Waals surface area contributed by atoms with Crippen molar-refractivity contribution in [1.82, 2.24) is 10.1 Å². The van der Waals surface area contributed by atoms with Gasteiger partial charge >= 0.3 is 29.6 Å². The number of hydrogen-bond acceptors (Lipinski definition) is 16. The largest absolute Gasteiger partial charge is 1.00 e. The molecule has 0 fully saturated rings. The van der Waals surface area contributed by atoms with E-state index in [1.165, 1.54) is 11.7 Å². The van der Waals surface area contributed by atoms with E-state index in [0.717, 1.165) is 27.8 Å². The molecule has 4 unspecified atom stereocenters. The van der Waals surface area contributed by atoms with Crippen LogP contribution in [0.3, 0.4) is 0 Å². The van der Waals surface area contributed by atoms with Gasteiger partial charge in [0, 0.05) is 12.8 Å². The number of aliphatic hydroxyl groups excluding tert-OH is 5. The first-order valence-electron chi connectivity index (χ1n) is 22.4. The average molecular weight is 1050 g/mol. The molecule has 0 heterocycles. The second-order valence-electron chi connectivity index (χ2n) is 16.5. The first kappa shape index (κ1) is 62.3. The van der Waals surface area contributed by atoms with E-state index in [1.54, 1.807) is 0 Å². The topological polar surface area (TPSA) is 286 Å². The summed E-state index contributed by atoms with van der Waals surface area (Å²) in [5.74, 6) is 0. The van der Waals surface area contributed by atoms with Gasteiger partial charge in [-0.2, -0.15) is 0 Å². The zero-order chi connectivity index (χ0) is 51.7. The van der Waals surface area contributed by atoms with E-state index in [-0.39, 0.29) is 86.8 Å². The molecule has 5 aromatic rings. The van der Waals surface area contributed by atoms with Crippen molar-refractivity contribution in [2.75, 3.05) is 32.1 Å². The van der Waals surface area contributed by atoms with Gasteiger partial charge in [0.15, 0.2) is 0 Å². The van der Waals surface area contributed by atoms with Crippen LogP contribution in [-0.4, -0.2) is 139 Å². The van der Waals surface area contributed by atoms with Crippen LogP contribution in [0.15, 0.2) is 152 Å². The van der Waals surface area contributed by atoms with E-state index in [9.17, 15) is 44.0 Å². The Labute approximate surface area is 441 Å². The predicted octanol–water partition coefficient (Wildman–Crippen LogP) is 0.646. The molecule has 2 amide bonds. The van der Waals surface area contributed by atoms with Crippen LogP contribution in [0.5, 0.6) is 0 Å². The zero-order valence-electron chi connectivity index (χ0n) is 40.1. The molecule has 10 atom stereocenters. The molecular weight excluding hydrogens is 985 g/mol. The van der Waals surface area contributed by atoms with Gasteiger partial charge < -0.3 is 58.6 Å². The molecule has 72 heavy (non-hydrogen) atoms. The summed E-state index contributed by atoms with van der Waals surface area (Å²) in [6.07, 6.45) is -13.1. The minimum Gasteiger partial charge on any atom is -0.779 e. The molecule has 0 radical (unpaired) electrons. The smallest absolute Gasteiger partial charge is 0.779 e. The summed E-state index contributed by atoms with van der Waals surface area (Å²) < 4.78 is 50.1. The van der Waals surface area contributed by atoms with Gasteiger partial charge in [0.05, 0.1) is 57.9 Å². The summed E-state index contributed by atoms with van der Waals surface area (Å²) in [7, 11) is -8.22. The van der Waals surface area contributed by atoms with Crippen LogP contribution in [-0.2, 0) is 75.3 Å². The number of nitrogens with zero attached hydrogens (tertiary/aromatic N) is 2. The predicted molar refractivity (Wildman–Crippen MR) is 258 cm³/mol. The van der Waals surface area contributed by atoms with E-state index < -0.39 is 76.5 Å². The third-order valence-corrected chi connectivity index (χ3v) is 13.1. The standard InChI is InChI=1S/C43H48NO8P.C7H16NO9P.Na/c1-53(47,52-32-39-25-15-6-16-26-39)33-40(46)42(49-29-36-19-9-3-10-20-36)43(50-30-37-21-11-4-12-22-37)41(48-28-35-17-7-2-8-18-35)27-44(34-45)51-31-38-23-13-5-14-24-38;9-3-8(14)1-4(10)6(12)7(13)5(11)2-18(15,16)17;/h2-26,34,40-43,46H,27-33H2,1H3;3-7,10-14H,1-2H2,(H2,15,16,17);/q;;+1/p-1/t40?,41-,42+,43-,53?;4-,5?,6-,7+;/m00./s1. The molecule has 0 spiro atoms. The number of aliphatic hydroxyl groups is 5. The van der Waals surface area contributed by atoms with Gasteiger partial charge in [0.25, 0.3) is 0 Å². The van der Waals surface area contributed by atoms with Gasteiger partial charge in [0.1, 0.15) is 50.8 Å². The fourth-order valence-corrected chi connectivity index (χ4v) is 8.96. The van der Waals surface area contributed by atoms with Gasteiger partial charge in [-0.25, -0.2) is 10.1 Å². The Bertz CT molecular complexity index is 2330. The van der Waals surface area contributed by atoms with E-state index in [1.807, 2.05) is 152 Å². The molecule has 0 aliphatic carbocycles. The number of hydrogen-bond donors (Lipinski definition) is 7. The van der Waals surface area contributed by atoms with Crippen LogP contribution >= 0.6 is 15.0 Å². The summed E-state index contributed by atoms with van der Waals surface area (Å²) in [5.41, 5.74) is 4.40. The number of carbonyl (C=O) groups excluding carboxylic acids is 2. The number of benzene rings is 5. The van der Waals surface area contributed by atoms with Gasteiger partial charge in [-0.3, -0.25) is 24.2 Å². The number of rotatable bonds is 31. The molecule has 0 aliphatic heterocycles. The molecule has 0 bridgehead atoms. The van der Waals surface area contributed by atoms with Crippen molar-refractivity contribution in [2.45, 2.75) is 81.9 Å². The van der Waals surface area contributed by atoms with Crippen LogP contribution in [0.2, 0.25) is 0 Å². The Balaban J connectivity index is 0.000000613. The van der Waals surface area contributed by atoms with E-state index >= 15 is 0 Å². The number of amides is 2. The Hall–Kier alpha value is -4.02. The van der Waals surface area contributed by atoms with Crippen molar-refractivity contribution in [3.05, 3.63) is 179 Å². The Morgan fingerprint density at radius 2 is 0.917 bits per heavy atom. The van der Waals surface area contributed by atoms with Gasteiger partial charge in [-0.05, 0) is 27.8 Å². The normalized spacial score (nSPS) is 16.2. The third-order valence-electron chi connectivity index (χ3n) is 10.6. The average Bonchev–Trinajstić information content (AvgIpc) is 3.37. The third kappa shape index (κ3) is 23.9. The fourth-order valence-electron chi connectivity index (χ4n) is 6.86. The summed E-state index contributed by atoms with van der Waals surface area (Å²) in [4.78, 5) is 47.3. The molecule has 0 saturated carbocycles. The SMILES string of the molecule is CP(=O)(CC(O)[C@@H](OCc1ccccc1)[C@@H](OCc1ccccc1)[C@H](CN(C=O)OCc1ccccc1)OCc1ccccc1)OCc1ccccc1.O=CN(O)C[C@H](O)[C@H](O)[C@H](O)C(O)CP(=O)([O-])O.[Na+]. The monoisotopic (exact) mass is 1050 g/mol. The molecule has 0 saturated heterocycles. The van der Waals surface area contributed by atoms with Crippen LogP contribution in [0.25, 0.3) is 0 Å². The molecule has 7 N–H and O–H groups in total. The van der Waals surface area contributed by atoms with Gasteiger partial charge in [-0.1, -0.05) is 152 Å². The maximum Gasteiger partial charge on any atom is 1.00 e. The number of carbonyl (C=O) groups is 2. The van der Waals surface area contributed by atoms with Crippen molar-refractivity contribution < 1.29 is 112 Å². The Morgan fingerprint density at radius 1 is 0.528 bits per heavy atom. The summed E-state index contributed by atoms with van der Waals surface area (Å²) in [6.45, 7) is 1.42. The Morgan fingerprint density at radius 3 is 1.33 bits per heavy atom. The van der Waals surface area contributed by atoms with Crippen molar-refractivity contribution in [3.8, 4) is 0 Å². The first-order chi connectivity index (χ1) is 34.0. The minimum absolute atomic E-state index is 0. The maximum atomic E-state index is 13.9. The van der Waals surface area contributed by atoms with Crippen molar-refractivity contribution in [3.63, 3.8) is 0 Å². The molecule has 5 rings (SSSR count). The fraction of sp³-hybridized carbons (Fsp3) is 0.360. The molecule has 22 heteroatoms. The Kier molecular flexibility index (Phi) is 28.6. The molecular formula is C50H63N2NaO17P2. The second-order valence-corrected chi connectivity index (χ2v) is 20.8. The van der Waals surface area contributed by atoms with Gasteiger partial charge in [0.2, 0.25) is 20.2 Å². The molecule has 19 nitrogen and oxygen atoms in total. The molecule has 5 aromatic carbocycles. The summed E-state index contributed by atoms with van der Waals surface area (Å²) in [5, 5.41) is 58.9. The summed E-state index contributed by atoms with van der Waals surface area (Å²) >= 11 is 0. The molecule has 0 aromatic heterocycles. The molecule has 386 valence electrons. The van der Waals surface area contributed by atoms with Crippen LogP contribution in [0, 0.1) is 0 Å². The van der Waals surface area contributed by atoms with E-state index in [4.69, 9.17) is 38.8 Å². The first-order valence-corrected chi connectivity index (χ1v) is 26.4. The van der Waals surface area contributed by atoms with Crippen LogP contribution < -0.4 is 34.5 Å². The summed E-state index contributed by atoms with van der Waals surface area (Å²) in [6, 6.07) is 47.8. The van der Waals surface area contributed by atoms with Crippen molar-refractivity contribution in [2.24, 2.45) is 0 Å². The molecule has 0 aliphatic rings. The second kappa shape index (κ2) is 33.0. The van der Waals surface area contributed by atoms with Crippen LogP contribution in [0.4, 0.5) is 0 Å². The van der Waals surface area contributed by atoms with Crippen LogP contribution in [0.1, 0.15) is 27.8 Å². The van der Waals surface area contributed by atoms with Crippen molar-refractivity contribution >= 4 is 27.8 Å². The van der Waals surface area contributed by atoms with E-state index in [0.29, 0.717) is 6.41 Å².